The van der Waals surface area contributed by atoms with E-state index in [1.807, 2.05) is 7.05 Å². The number of carbonyl (C=O) groups excluding carboxylic acids is 1. The van der Waals surface area contributed by atoms with Crippen LogP contribution in [0, 0.1) is 0 Å². The van der Waals surface area contributed by atoms with Gasteiger partial charge in [-0.3, -0.25) is 4.79 Å². The van der Waals surface area contributed by atoms with Gasteiger partial charge in [-0.2, -0.15) is 0 Å². The van der Waals surface area contributed by atoms with E-state index in [9.17, 15) is 9.59 Å². The number of hydrogen-bond acceptors (Lipinski definition) is 3. The number of nitrogens with zero attached hydrogens (tertiary/aromatic N) is 1. The summed E-state index contributed by atoms with van der Waals surface area (Å²) in [4.78, 5) is 23.4. The van der Waals surface area contributed by atoms with Crippen molar-refractivity contribution in [3.05, 3.63) is 0 Å². The minimum Gasteiger partial charge on any atom is -0.480 e. The summed E-state index contributed by atoms with van der Waals surface area (Å²) >= 11 is 0. The van der Waals surface area contributed by atoms with Gasteiger partial charge in [0.25, 0.3) is 0 Å². The number of carboxylic acid groups (broad SMARTS) is 1. The van der Waals surface area contributed by atoms with Gasteiger partial charge in [-0.25, -0.2) is 4.79 Å². The summed E-state index contributed by atoms with van der Waals surface area (Å²) in [6, 6.07) is -0.276. The molecule has 0 spiro atoms. The predicted octanol–water partition coefficient (Wildman–Crippen LogP) is -0.926. The molecule has 0 aromatic heterocycles. The fourth-order valence-electron chi connectivity index (χ4n) is 1.45. The SMILES string of the molecule is CN1CCC(NC(=O)NCC(=O)O)C1. The second kappa shape index (κ2) is 4.80. The number of nitrogens with one attached hydrogen (secondary N) is 2. The molecule has 1 unspecified atom stereocenters. The van der Waals surface area contributed by atoms with Gasteiger partial charge in [0.05, 0.1) is 0 Å². The zero-order valence-electron chi connectivity index (χ0n) is 8.12. The highest BCUT2D eigenvalue weighted by molar-refractivity contribution is 5.79. The zero-order chi connectivity index (χ0) is 10.6. The van der Waals surface area contributed by atoms with Gasteiger partial charge in [0.2, 0.25) is 0 Å². The van der Waals surface area contributed by atoms with Crippen LogP contribution in [0.3, 0.4) is 0 Å². The smallest absolute Gasteiger partial charge is 0.323 e. The van der Waals surface area contributed by atoms with Gasteiger partial charge in [0, 0.05) is 12.6 Å². The first-order valence-electron chi connectivity index (χ1n) is 4.52. The standard InChI is InChI=1S/C8H15N3O3/c1-11-3-2-6(5-11)10-8(14)9-4-7(12)13/h6H,2-5H2,1H3,(H,12,13)(H2,9,10,14). The maximum Gasteiger partial charge on any atom is 0.323 e. The molecule has 1 saturated heterocycles. The van der Waals surface area contributed by atoms with Gasteiger partial charge in [-0.05, 0) is 20.0 Å². The summed E-state index contributed by atoms with van der Waals surface area (Å²) in [6.07, 6.45) is 0.914. The lowest BCUT2D eigenvalue weighted by molar-refractivity contribution is -0.135. The second-order valence-corrected chi connectivity index (χ2v) is 3.47. The topological polar surface area (TPSA) is 81.7 Å². The lowest BCUT2D eigenvalue weighted by Crippen LogP contribution is -2.44. The van der Waals surface area contributed by atoms with Crippen LogP contribution in [0.25, 0.3) is 0 Å². The summed E-state index contributed by atoms with van der Waals surface area (Å²) in [5.41, 5.74) is 0. The minimum absolute atomic E-state index is 0.133. The van der Waals surface area contributed by atoms with Gasteiger partial charge < -0.3 is 20.6 Å². The Bertz CT molecular complexity index is 232. The molecule has 6 nitrogen and oxygen atoms in total. The fourth-order valence-corrected chi connectivity index (χ4v) is 1.45. The maximum atomic E-state index is 11.1. The van der Waals surface area contributed by atoms with Crippen molar-refractivity contribution >= 4 is 12.0 Å². The lowest BCUT2D eigenvalue weighted by Gasteiger charge is -2.12. The summed E-state index contributed by atoms with van der Waals surface area (Å²) in [5, 5.41) is 13.3. The van der Waals surface area contributed by atoms with Crippen molar-refractivity contribution in [3.8, 4) is 0 Å². The minimum atomic E-state index is -1.04. The molecule has 1 rings (SSSR count). The average molecular weight is 201 g/mol. The van der Waals surface area contributed by atoms with Crippen molar-refractivity contribution in [2.75, 3.05) is 26.7 Å². The summed E-state index contributed by atoms with van der Waals surface area (Å²) < 4.78 is 0. The van der Waals surface area contributed by atoms with Crippen molar-refractivity contribution < 1.29 is 14.7 Å². The molecule has 14 heavy (non-hydrogen) atoms. The number of carboxylic acids is 1. The molecule has 1 fully saturated rings. The first-order valence-corrected chi connectivity index (χ1v) is 4.52. The molecule has 6 heteroatoms. The van der Waals surface area contributed by atoms with Crippen LogP contribution in [0.4, 0.5) is 4.79 Å². The number of likely N-dealkylation sites (tertiary alicyclic amines) is 1. The third-order valence-electron chi connectivity index (χ3n) is 2.13. The van der Waals surface area contributed by atoms with Crippen LogP contribution in [0.2, 0.25) is 0 Å². The first kappa shape index (κ1) is 10.8. The van der Waals surface area contributed by atoms with E-state index in [0.29, 0.717) is 0 Å². The number of rotatable bonds is 3. The Labute approximate surface area is 82.3 Å². The number of hydrogen-bond donors (Lipinski definition) is 3. The van der Waals surface area contributed by atoms with Crippen molar-refractivity contribution in [1.29, 1.82) is 0 Å². The molecule has 0 aliphatic carbocycles. The molecule has 3 N–H and O–H groups in total. The van der Waals surface area contributed by atoms with Crippen LogP contribution in [0.5, 0.6) is 0 Å². The number of carbonyl (C=O) groups is 2. The number of urea groups is 1. The Balaban J connectivity index is 2.17. The molecule has 1 aliphatic heterocycles. The van der Waals surface area contributed by atoms with Gasteiger partial charge in [-0.15, -0.1) is 0 Å². The van der Waals surface area contributed by atoms with E-state index in [1.165, 1.54) is 0 Å². The van der Waals surface area contributed by atoms with Crippen LogP contribution in [-0.2, 0) is 4.79 Å². The quantitative estimate of drug-likeness (QED) is 0.551. The van der Waals surface area contributed by atoms with E-state index >= 15 is 0 Å². The molecule has 0 aromatic rings. The lowest BCUT2D eigenvalue weighted by atomic mass is 10.3. The maximum absolute atomic E-state index is 11.1. The molecule has 0 aromatic carbocycles. The highest BCUT2D eigenvalue weighted by atomic mass is 16.4. The number of aliphatic carboxylic acids is 1. The Morgan fingerprint density at radius 2 is 2.29 bits per heavy atom. The molecule has 0 saturated carbocycles. The molecular formula is C8H15N3O3. The second-order valence-electron chi connectivity index (χ2n) is 3.47. The van der Waals surface area contributed by atoms with E-state index in [-0.39, 0.29) is 12.6 Å². The van der Waals surface area contributed by atoms with Crippen LogP contribution >= 0.6 is 0 Å². The Morgan fingerprint density at radius 1 is 1.57 bits per heavy atom. The van der Waals surface area contributed by atoms with Crippen LogP contribution in [-0.4, -0.2) is 54.7 Å². The van der Waals surface area contributed by atoms with Crippen molar-refractivity contribution in [2.24, 2.45) is 0 Å². The van der Waals surface area contributed by atoms with Gasteiger partial charge in [0.15, 0.2) is 0 Å². The molecule has 0 bridgehead atoms. The van der Waals surface area contributed by atoms with E-state index in [2.05, 4.69) is 15.5 Å². The molecule has 2 amide bonds. The average Bonchev–Trinajstić information content (AvgIpc) is 2.48. The van der Waals surface area contributed by atoms with Crippen molar-refractivity contribution in [2.45, 2.75) is 12.5 Å². The van der Waals surface area contributed by atoms with Gasteiger partial charge in [0.1, 0.15) is 6.54 Å². The predicted molar refractivity (Wildman–Crippen MR) is 50.1 cm³/mol. The monoisotopic (exact) mass is 201 g/mol. The largest absolute Gasteiger partial charge is 0.480 e. The van der Waals surface area contributed by atoms with Gasteiger partial charge in [-0.1, -0.05) is 0 Å². The van der Waals surface area contributed by atoms with E-state index in [1.54, 1.807) is 0 Å². The third-order valence-corrected chi connectivity index (χ3v) is 2.13. The van der Waals surface area contributed by atoms with E-state index < -0.39 is 12.0 Å². The first-order chi connectivity index (χ1) is 6.58. The van der Waals surface area contributed by atoms with Crippen LogP contribution in [0.1, 0.15) is 6.42 Å². The van der Waals surface area contributed by atoms with Crippen molar-refractivity contribution in [3.63, 3.8) is 0 Å². The molecule has 1 heterocycles. The summed E-state index contributed by atoms with van der Waals surface area (Å²) in [6.45, 7) is 1.44. The zero-order valence-corrected chi connectivity index (χ0v) is 8.12. The van der Waals surface area contributed by atoms with E-state index in [0.717, 1.165) is 19.5 Å². The summed E-state index contributed by atoms with van der Waals surface area (Å²) in [5.74, 6) is -1.04. The molecular weight excluding hydrogens is 186 g/mol. The fraction of sp³-hybridized carbons (Fsp3) is 0.750. The van der Waals surface area contributed by atoms with Gasteiger partial charge >= 0.3 is 12.0 Å². The highest BCUT2D eigenvalue weighted by Gasteiger charge is 2.20. The van der Waals surface area contributed by atoms with Crippen LogP contribution < -0.4 is 10.6 Å². The highest BCUT2D eigenvalue weighted by Crippen LogP contribution is 2.05. The molecule has 0 radical (unpaired) electrons. The molecule has 1 atom stereocenters. The molecule has 80 valence electrons. The van der Waals surface area contributed by atoms with Crippen LogP contribution in [0.15, 0.2) is 0 Å². The van der Waals surface area contributed by atoms with Crippen molar-refractivity contribution in [1.82, 2.24) is 15.5 Å². The third kappa shape index (κ3) is 3.61. The molecule has 1 aliphatic rings. The normalized spacial score (nSPS) is 21.9. The summed E-state index contributed by atoms with van der Waals surface area (Å²) in [7, 11) is 1.98. The number of amides is 2. The number of likely N-dealkylation sites (N-methyl/N-ethyl adjacent to an activating group) is 1. The van der Waals surface area contributed by atoms with E-state index in [4.69, 9.17) is 5.11 Å². The Kier molecular flexibility index (Phi) is 3.70. The Hall–Kier alpha value is -1.30. The Morgan fingerprint density at radius 3 is 2.79 bits per heavy atom.